The van der Waals surface area contributed by atoms with E-state index in [0.29, 0.717) is 12.3 Å². The van der Waals surface area contributed by atoms with E-state index in [9.17, 15) is 9.90 Å². The lowest BCUT2D eigenvalue weighted by atomic mass is 9.76. The largest absolute Gasteiger partial charge is 0.455 e. The molecule has 1 aliphatic heterocycles. The quantitative estimate of drug-likeness (QED) is 0.844. The summed E-state index contributed by atoms with van der Waals surface area (Å²) >= 11 is 0. The van der Waals surface area contributed by atoms with Gasteiger partial charge in [-0.05, 0) is 43.9 Å². The monoisotopic (exact) mass is 306 g/mol. The zero-order valence-corrected chi connectivity index (χ0v) is 13.3. The third-order valence-corrected chi connectivity index (χ3v) is 4.99. The van der Waals surface area contributed by atoms with E-state index in [1.54, 1.807) is 13.1 Å². The summed E-state index contributed by atoms with van der Waals surface area (Å²) in [7, 11) is 1.60. The Balaban J connectivity index is 1.61. The number of nitrogens with one attached hydrogen (secondary N) is 1. The van der Waals surface area contributed by atoms with Crippen LogP contribution in [-0.4, -0.2) is 42.7 Å². The Morgan fingerprint density at radius 2 is 2.32 bits per heavy atom. The Morgan fingerprint density at radius 1 is 1.50 bits per heavy atom. The second kappa shape index (κ2) is 6.42. The molecule has 1 atom stereocenters. The van der Waals surface area contributed by atoms with Gasteiger partial charge in [-0.15, -0.1) is 0 Å². The Labute approximate surface area is 131 Å². The molecule has 1 saturated carbocycles. The van der Waals surface area contributed by atoms with Gasteiger partial charge in [0.25, 0.3) is 5.91 Å². The van der Waals surface area contributed by atoms with Gasteiger partial charge >= 0.3 is 0 Å². The Bertz CT molecular complexity index is 524. The molecule has 1 amide bonds. The standard InChI is InChI=1S/C17H26N2O3/c1-18-16(21)15-6-5-14(22-15)10-19-8-2-7-17(11-19,12-20)9-13-3-4-13/h5-6,13,20H,2-4,7-12H2,1H3,(H,18,21). The van der Waals surface area contributed by atoms with Crippen molar-refractivity contribution < 1.29 is 14.3 Å². The number of carbonyl (C=O) groups is 1. The molecule has 5 heteroatoms. The molecule has 1 saturated heterocycles. The molecule has 0 radical (unpaired) electrons. The number of aliphatic hydroxyl groups excluding tert-OH is 1. The average molecular weight is 306 g/mol. The first-order chi connectivity index (χ1) is 10.6. The molecule has 1 aromatic heterocycles. The predicted molar refractivity (Wildman–Crippen MR) is 83.5 cm³/mol. The van der Waals surface area contributed by atoms with Crippen molar-refractivity contribution >= 4 is 5.91 Å². The predicted octanol–water partition coefficient (Wildman–Crippen LogP) is 2.01. The fraction of sp³-hybridized carbons (Fsp3) is 0.706. The first-order valence-corrected chi connectivity index (χ1v) is 8.28. The van der Waals surface area contributed by atoms with Crippen LogP contribution in [0.25, 0.3) is 0 Å². The number of rotatable bonds is 6. The topological polar surface area (TPSA) is 65.7 Å². The van der Waals surface area contributed by atoms with Crippen LogP contribution in [0.5, 0.6) is 0 Å². The van der Waals surface area contributed by atoms with Gasteiger partial charge in [0.2, 0.25) is 0 Å². The lowest BCUT2D eigenvalue weighted by molar-refractivity contribution is 0.0155. The molecule has 22 heavy (non-hydrogen) atoms. The molecule has 1 aliphatic carbocycles. The van der Waals surface area contributed by atoms with Gasteiger partial charge in [0.05, 0.1) is 6.54 Å². The number of hydrogen-bond acceptors (Lipinski definition) is 4. The molecule has 0 bridgehead atoms. The first-order valence-electron chi connectivity index (χ1n) is 8.28. The highest BCUT2D eigenvalue weighted by molar-refractivity contribution is 5.91. The summed E-state index contributed by atoms with van der Waals surface area (Å²) in [6, 6.07) is 3.60. The van der Waals surface area contributed by atoms with E-state index in [-0.39, 0.29) is 17.9 Å². The Kier molecular flexibility index (Phi) is 4.54. The van der Waals surface area contributed by atoms with Gasteiger partial charge in [0.15, 0.2) is 5.76 Å². The third-order valence-electron chi connectivity index (χ3n) is 4.99. The molecule has 0 spiro atoms. The normalized spacial score (nSPS) is 26.1. The van der Waals surface area contributed by atoms with Crippen molar-refractivity contribution in [2.45, 2.75) is 38.6 Å². The Morgan fingerprint density at radius 3 is 3.00 bits per heavy atom. The number of hydrogen-bond donors (Lipinski definition) is 2. The zero-order chi connectivity index (χ0) is 15.6. The van der Waals surface area contributed by atoms with Crippen LogP contribution in [0.2, 0.25) is 0 Å². The van der Waals surface area contributed by atoms with Crippen molar-refractivity contribution in [3.8, 4) is 0 Å². The van der Waals surface area contributed by atoms with Crippen molar-refractivity contribution in [1.82, 2.24) is 10.2 Å². The minimum atomic E-state index is -0.191. The number of aliphatic hydroxyl groups is 1. The van der Waals surface area contributed by atoms with Gasteiger partial charge in [-0.3, -0.25) is 9.69 Å². The van der Waals surface area contributed by atoms with E-state index in [0.717, 1.165) is 44.0 Å². The fourth-order valence-electron chi connectivity index (χ4n) is 3.67. The molecule has 2 aliphatic rings. The molecule has 1 aromatic rings. The van der Waals surface area contributed by atoms with E-state index in [1.807, 2.05) is 6.07 Å². The summed E-state index contributed by atoms with van der Waals surface area (Å²) < 4.78 is 5.62. The number of piperidine rings is 1. The highest BCUT2D eigenvalue weighted by Crippen LogP contribution is 2.44. The minimum absolute atomic E-state index is 0.0651. The van der Waals surface area contributed by atoms with Crippen LogP contribution in [0.15, 0.2) is 16.5 Å². The van der Waals surface area contributed by atoms with Crippen LogP contribution >= 0.6 is 0 Å². The summed E-state index contributed by atoms with van der Waals surface area (Å²) in [4.78, 5) is 13.9. The first kappa shape index (κ1) is 15.6. The number of amides is 1. The van der Waals surface area contributed by atoms with Gasteiger partial charge < -0.3 is 14.8 Å². The SMILES string of the molecule is CNC(=O)c1ccc(CN2CCCC(CO)(CC3CC3)C2)o1. The zero-order valence-electron chi connectivity index (χ0n) is 13.3. The molecule has 122 valence electrons. The van der Waals surface area contributed by atoms with Crippen LogP contribution in [0.3, 0.4) is 0 Å². The fourth-order valence-corrected chi connectivity index (χ4v) is 3.67. The lowest BCUT2D eigenvalue weighted by Crippen LogP contribution is -2.45. The summed E-state index contributed by atoms with van der Waals surface area (Å²) in [5.41, 5.74) is 0.0651. The van der Waals surface area contributed by atoms with Crippen molar-refractivity contribution in [3.05, 3.63) is 23.7 Å². The maximum Gasteiger partial charge on any atom is 0.286 e. The van der Waals surface area contributed by atoms with Crippen molar-refractivity contribution in [3.63, 3.8) is 0 Å². The van der Waals surface area contributed by atoms with Crippen molar-refractivity contribution in [1.29, 1.82) is 0 Å². The van der Waals surface area contributed by atoms with Crippen LogP contribution in [0.1, 0.15) is 48.4 Å². The van der Waals surface area contributed by atoms with Gasteiger partial charge in [-0.2, -0.15) is 0 Å². The molecule has 3 rings (SSSR count). The van der Waals surface area contributed by atoms with Gasteiger partial charge in [0.1, 0.15) is 5.76 Å². The summed E-state index contributed by atoms with van der Waals surface area (Å²) in [5, 5.41) is 12.5. The summed E-state index contributed by atoms with van der Waals surface area (Å²) in [6.07, 6.45) is 6.06. The maximum absolute atomic E-state index is 11.5. The smallest absolute Gasteiger partial charge is 0.286 e. The molecule has 1 unspecified atom stereocenters. The lowest BCUT2D eigenvalue weighted by Gasteiger charge is -2.42. The number of furan rings is 1. The van der Waals surface area contributed by atoms with Crippen LogP contribution in [0, 0.1) is 11.3 Å². The minimum Gasteiger partial charge on any atom is -0.455 e. The molecular weight excluding hydrogens is 280 g/mol. The molecular formula is C17H26N2O3. The Hall–Kier alpha value is -1.33. The molecule has 2 heterocycles. The third kappa shape index (κ3) is 3.52. The van der Waals surface area contributed by atoms with Gasteiger partial charge in [-0.1, -0.05) is 12.8 Å². The van der Waals surface area contributed by atoms with Gasteiger partial charge in [-0.25, -0.2) is 0 Å². The number of likely N-dealkylation sites (tertiary alicyclic amines) is 1. The number of carbonyl (C=O) groups excluding carboxylic acids is 1. The summed E-state index contributed by atoms with van der Waals surface area (Å²) in [5.74, 6) is 1.82. The summed E-state index contributed by atoms with van der Waals surface area (Å²) in [6.45, 7) is 2.95. The van der Waals surface area contributed by atoms with Crippen molar-refractivity contribution in [2.24, 2.45) is 11.3 Å². The van der Waals surface area contributed by atoms with E-state index in [4.69, 9.17) is 4.42 Å². The number of nitrogens with zero attached hydrogens (tertiary/aromatic N) is 1. The molecule has 2 N–H and O–H groups in total. The van der Waals surface area contributed by atoms with Crippen LogP contribution < -0.4 is 5.32 Å². The second-order valence-corrected chi connectivity index (χ2v) is 6.96. The van der Waals surface area contributed by atoms with Gasteiger partial charge in [0, 0.05) is 25.6 Å². The maximum atomic E-state index is 11.5. The highest BCUT2D eigenvalue weighted by Gasteiger charge is 2.39. The highest BCUT2D eigenvalue weighted by atomic mass is 16.4. The van der Waals surface area contributed by atoms with E-state index < -0.39 is 0 Å². The average Bonchev–Trinajstić information content (AvgIpc) is 3.22. The van der Waals surface area contributed by atoms with E-state index in [1.165, 1.54) is 12.8 Å². The molecule has 0 aromatic carbocycles. The van der Waals surface area contributed by atoms with Crippen LogP contribution in [-0.2, 0) is 6.54 Å². The molecule has 2 fully saturated rings. The molecule has 5 nitrogen and oxygen atoms in total. The van der Waals surface area contributed by atoms with Crippen LogP contribution in [0.4, 0.5) is 0 Å². The van der Waals surface area contributed by atoms with E-state index >= 15 is 0 Å². The van der Waals surface area contributed by atoms with E-state index in [2.05, 4.69) is 10.2 Å². The second-order valence-electron chi connectivity index (χ2n) is 6.96. The van der Waals surface area contributed by atoms with Crippen molar-refractivity contribution in [2.75, 3.05) is 26.7 Å².